The summed E-state index contributed by atoms with van der Waals surface area (Å²) in [6.45, 7) is 1.65. The monoisotopic (exact) mass is 376 g/mol. The van der Waals surface area contributed by atoms with Gasteiger partial charge in [0, 0.05) is 55.2 Å². The van der Waals surface area contributed by atoms with E-state index in [9.17, 15) is 0 Å². The molecule has 1 N–H and O–H groups in total. The minimum absolute atomic E-state index is 0.453. The molecule has 1 saturated heterocycles. The van der Waals surface area contributed by atoms with Crippen molar-refractivity contribution in [1.82, 2.24) is 14.4 Å². The van der Waals surface area contributed by atoms with E-state index >= 15 is 0 Å². The van der Waals surface area contributed by atoms with Gasteiger partial charge in [0.2, 0.25) is 0 Å². The number of ether oxygens (including phenoxy) is 1. The number of hydrogen-bond acceptors (Lipinski definition) is 5. The zero-order valence-corrected chi connectivity index (χ0v) is 15.7. The Bertz CT molecular complexity index is 1050. The molecule has 1 fully saturated rings. The Labute approximate surface area is 161 Å². The van der Waals surface area contributed by atoms with E-state index in [2.05, 4.69) is 56.2 Å². The molecule has 0 bridgehead atoms. The number of fused-ring (bicyclic) bond motifs is 1. The van der Waals surface area contributed by atoms with E-state index in [0.717, 1.165) is 52.8 Å². The zero-order chi connectivity index (χ0) is 18.1. The summed E-state index contributed by atoms with van der Waals surface area (Å²) in [5.74, 6) is 0. The summed E-state index contributed by atoms with van der Waals surface area (Å²) in [6.07, 6.45) is 9.99. The third-order valence-corrected chi connectivity index (χ3v) is 5.89. The molecule has 0 spiro atoms. The van der Waals surface area contributed by atoms with Crippen molar-refractivity contribution >= 4 is 22.1 Å². The van der Waals surface area contributed by atoms with Crippen LogP contribution in [0, 0.1) is 0 Å². The van der Waals surface area contributed by atoms with Crippen molar-refractivity contribution in [2.45, 2.75) is 18.9 Å². The average molecular weight is 376 g/mol. The van der Waals surface area contributed by atoms with Gasteiger partial charge in [-0.25, -0.2) is 9.97 Å². The Morgan fingerprint density at radius 3 is 2.78 bits per heavy atom. The lowest BCUT2D eigenvalue weighted by Crippen LogP contribution is -2.27. The molecule has 5 nitrogen and oxygen atoms in total. The highest BCUT2D eigenvalue weighted by Crippen LogP contribution is 2.34. The van der Waals surface area contributed by atoms with Gasteiger partial charge in [-0.15, -0.1) is 0 Å². The van der Waals surface area contributed by atoms with E-state index in [4.69, 9.17) is 4.74 Å². The summed E-state index contributed by atoms with van der Waals surface area (Å²) in [7, 11) is 0. The maximum atomic E-state index is 5.43. The van der Waals surface area contributed by atoms with Crippen molar-refractivity contribution in [2.75, 3.05) is 18.5 Å². The standard InChI is InChI=1S/C21H20N4OS/c1-2-4-15(5-3-1)18-12-16(14-25-9-8-22-20(18)25)19-13-23-21(27-19)24-17-6-10-26-11-7-17/h1-5,8-9,12-14,17H,6-7,10-11H2,(H,23,24). The molecule has 0 radical (unpaired) electrons. The normalized spacial score (nSPS) is 15.3. The van der Waals surface area contributed by atoms with Crippen LogP contribution in [-0.2, 0) is 4.74 Å². The number of thiazole rings is 1. The first-order valence-electron chi connectivity index (χ1n) is 9.19. The van der Waals surface area contributed by atoms with E-state index in [-0.39, 0.29) is 0 Å². The van der Waals surface area contributed by atoms with Gasteiger partial charge in [-0.3, -0.25) is 0 Å². The van der Waals surface area contributed by atoms with Gasteiger partial charge in [0.1, 0.15) is 5.65 Å². The highest BCUT2D eigenvalue weighted by atomic mass is 32.1. The summed E-state index contributed by atoms with van der Waals surface area (Å²) >= 11 is 1.70. The van der Waals surface area contributed by atoms with Crippen molar-refractivity contribution < 1.29 is 4.74 Å². The number of benzene rings is 1. The number of pyridine rings is 1. The maximum Gasteiger partial charge on any atom is 0.183 e. The van der Waals surface area contributed by atoms with Crippen LogP contribution in [-0.4, -0.2) is 33.6 Å². The van der Waals surface area contributed by atoms with Crippen molar-refractivity contribution in [3.05, 3.63) is 61.2 Å². The maximum absolute atomic E-state index is 5.43. The predicted molar refractivity (Wildman–Crippen MR) is 109 cm³/mol. The Morgan fingerprint density at radius 2 is 1.93 bits per heavy atom. The quantitative estimate of drug-likeness (QED) is 0.560. The highest BCUT2D eigenvalue weighted by Gasteiger charge is 2.16. The summed E-state index contributed by atoms with van der Waals surface area (Å²) in [5, 5.41) is 4.53. The number of anilines is 1. The molecule has 0 saturated carbocycles. The van der Waals surface area contributed by atoms with Crippen molar-refractivity contribution in [1.29, 1.82) is 0 Å². The molecule has 1 aliphatic rings. The molecule has 4 heterocycles. The van der Waals surface area contributed by atoms with Crippen LogP contribution in [0.15, 0.2) is 61.2 Å². The van der Waals surface area contributed by atoms with E-state index in [0.29, 0.717) is 6.04 Å². The number of rotatable bonds is 4. The Kier molecular flexibility index (Phi) is 4.35. The fourth-order valence-electron chi connectivity index (χ4n) is 3.49. The second-order valence-corrected chi connectivity index (χ2v) is 7.76. The van der Waals surface area contributed by atoms with Crippen LogP contribution in [0.4, 0.5) is 5.13 Å². The predicted octanol–water partition coefficient (Wildman–Crippen LogP) is 4.72. The van der Waals surface area contributed by atoms with Crippen molar-refractivity contribution in [3.63, 3.8) is 0 Å². The molecule has 6 heteroatoms. The van der Waals surface area contributed by atoms with Crippen molar-refractivity contribution in [3.8, 4) is 21.6 Å². The molecule has 0 atom stereocenters. The molecule has 4 aromatic rings. The van der Waals surface area contributed by atoms with Gasteiger partial charge in [0.05, 0.1) is 4.88 Å². The Balaban J connectivity index is 1.50. The highest BCUT2D eigenvalue weighted by molar-refractivity contribution is 7.18. The van der Waals surface area contributed by atoms with Gasteiger partial charge < -0.3 is 14.5 Å². The van der Waals surface area contributed by atoms with Gasteiger partial charge in [-0.2, -0.15) is 0 Å². The van der Waals surface area contributed by atoms with Gasteiger partial charge in [0.25, 0.3) is 0 Å². The molecule has 0 aliphatic carbocycles. The third kappa shape index (κ3) is 3.34. The lowest BCUT2D eigenvalue weighted by molar-refractivity contribution is 0.0904. The second kappa shape index (κ2) is 7.13. The Morgan fingerprint density at radius 1 is 1.07 bits per heavy atom. The molecule has 136 valence electrons. The zero-order valence-electron chi connectivity index (χ0n) is 14.8. The largest absolute Gasteiger partial charge is 0.381 e. The summed E-state index contributed by atoms with van der Waals surface area (Å²) in [4.78, 5) is 10.3. The fraction of sp³-hybridized carbons (Fsp3) is 0.238. The molecule has 27 heavy (non-hydrogen) atoms. The second-order valence-electron chi connectivity index (χ2n) is 6.73. The minimum Gasteiger partial charge on any atom is -0.381 e. The minimum atomic E-state index is 0.453. The lowest BCUT2D eigenvalue weighted by atomic mass is 10.0. The molecule has 0 amide bonds. The van der Waals surface area contributed by atoms with E-state index < -0.39 is 0 Å². The first-order valence-corrected chi connectivity index (χ1v) is 10.0. The van der Waals surface area contributed by atoms with Crippen LogP contribution < -0.4 is 5.32 Å². The van der Waals surface area contributed by atoms with E-state index in [1.54, 1.807) is 11.3 Å². The molecule has 1 aromatic carbocycles. The van der Waals surface area contributed by atoms with E-state index in [1.165, 1.54) is 5.56 Å². The van der Waals surface area contributed by atoms with Gasteiger partial charge in [0.15, 0.2) is 5.13 Å². The lowest BCUT2D eigenvalue weighted by Gasteiger charge is -2.22. The smallest absolute Gasteiger partial charge is 0.183 e. The Hall–Kier alpha value is -2.70. The molecular formula is C21H20N4OS. The first-order chi connectivity index (χ1) is 13.4. The van der Waals surface area contributed by atoms with Crippen LogP contribution >= 0.6 is 11.3 Å². The van der Waals surface area contributed by atoms with Gasteiger partial charge in [-0.05, 0) is 24.5 Å². The molecule has 3 aromatic heterocycles. The summed E-state index contributed by atoms with van der Waals surface area (Å²) < 4.78 is 7.52. The average Bonchev–Trinajstić information content (AvgIpc) is 3.38. The fourth-order valence-corrected chi connectivity index (χ4v) is 4.36. The molecule has 1 aliphatic heterocycles. The molecule has 5 rings (SSSR count). The SMILES string of the molecule is c1ccc(-c2cc(-c3cnc(NC4CCOCC4)s3)cn3ccnc23)cc1. The number of nitrogens with one attached hydrogen (secondary N) is 1. The van der Waals surface area contributed by atoms with Crippen LogP contribution in [0.25, 0.3) is 27.2 Å². The topological polar surface area (TPSA) is 51.5 Å². The van der Waals surface area contributed by atoms with Crippen LogP contribution in [0.5, 0.6) is 0 Å². The van der Waals surface area contributed by atoms with Gasteiger partial charge >= 0.3 is 0 Å². The van der Waals surface area contributed by atoms with Crippen molar-refractivity contribution in [2.24, 2.45) is 0 Å². The van der Waals surface area contributed by atoms with Crippen LogP contribution in [0.1, 0.15) is 12.8 Å². The molecular weight excluding hydrogens is 356 g/mol. The first kappa shape index (κ1) is 16.5. The van der Waals surface area contributed by atoms with E-state index in [1.807, 2.05) is 24.7 Å². The summed E-state index contributed by atoms with van der Waals surface area (Å²) in [6, 6.07) is 13.1. The van der Waals surface area contributed by atoms with Gasteiger partial charge in [-0.1, -0.05) is 41.7 Å². The number of imidazole rings is 1. The number of hydrogen-bond donors (Lipinski definition) is 1. The third-order valence-electron chi connectivity index (χ3n) is 4.91. The molecule has 0 unspecified atom stereocenters. The summed E-state index contributed by atoms with van der Waals surface area (Å²) in [5.41, 5.74) is 4.41. The number of aromatic nitrogens is 3. The van der Waals surface area contributed by atoms with Crippen LogP contribution in [0.2, 0.25) is 0 Å². The van der Waals surface area contributed by atoms with Crippen LogP contribution in [0.3, 0.4) is 0 Å². The number of nitrogens with zero attached hydrogens (tertiary/aromatic N) is 3.